The van der Waals surface area contributed by atoms with Crippen molar-refractivity contribution in [3.8, 4) is 33.4 Å². The minimum absolute atomic E-state index is 0.901. The van der Waals surface area contributed by atoms with Gasteiger partial charge in [-0.05, 0) is 109 Å². The van der Waals surface area contributed by atoms with E-state index in [1.807, 2.05) is 12.1 Å². The SMILES string of the molecule is c1ccc(-c2cccc(N(c3ccc(-c4ccc5ccc6ccc7ccccc7c6c5c4)cc3)c3cccc(-c4cccc5c4oc4ccccc45)c3)c2)cc1. The molecular weight excluding hydrogens is 679 g/mol. The summed E-state index contributed by atoms with van der Waals surface area (Å²) < 4.78 is 6.49. The van der Waals surface area contributed by atoms with Gasteiger partial charge >= 0.3 is 0 Å². The maximum Gasteiger partial charge on any atom is 0.143 e. The first-order valence-corrected chi connectivity index (χ1v) is 19.2. The predicted octanol–water partition coefficient (Wildman–Crippen LogP) is 15.5. The summed E-state index contributed by atoms with van der Waals surface area (Å²) in [5, 5.41) is 9.90. The van der Waals surface area contributed by atoms with Gasteiger partial charge in [0.15, 0.2) is 0 Å². The van der Waals surface area contributed by atoms with Crippen LogP contribution < -0.4 is 4.90 Å². The van der Waals surface area contributed by atoms with Crippen molar-refractivity contribution in [2.24, 2.45) is 0 Å². The van der Waals surface area contributed by atoms with Gasteiger partial charge in [-0.2, -0.15) is 0 Å². The van der Waals surface area contributed by atoms with Crippen molar-refractivity contribution in [3.05, 3.63) is 212 Å². The fraction of sp³-hybridized carbons (Fsp3) is 0. The van der Waals surface area contributed by atoms with Crippen LogP contribution in [0.15, 0.2) is 217 Å². The number of benzene rings is 10. The average Bonchev–Trinajstić information content (AvgIpc) is 3.66. The van der Waals surface area contributed by atoms with Crippen LogP contribution in [0.4, 0.5) is 17.1 Å². The normalized spacial score (nSPS) is 11.6. The Labute approximate surface area is 325 Å². The first-order chi connectivity index (χ1) is 27.7. The van der Waals surface area contributed by atoms with E-state index in [0.29, 0.717) is 0 Å². The van der Waals surface area contributed by atoms with Crippen molar-refractivity contribution < 1.29 is 4.42 Å². The van der Waals surface area contributed by atoms with E-state index in [4.69, 9.17) is 4.42 Å². The van der Waals surface area contributed by atoms with Crippen LogP contribution in [0.2, 0.25) is 0 Å². The van der Waals surface area contributed by atoms with Crippen molar-refractivity contribution in [3.63, 3.8) is 0 Å². The van der Waals surface area contributed by atoms with E-state index in [-0.39, 0.29) is 0 Å². The van der Waals surface area contributed by atoms with Crippen molar-refractivity contribution in [1.29, 1.82) is 0 Å². The minimum atomic E-state index is 0.901. The number of fused-ring (bicyclic) bond motifs is 8. The maximum atomic E-state index is 6.49. The molecule has 2 nitrogen and oxygen atoms in total. The van der Waals surface area contributed by atoms with Crippen LogP contribution in [0.25, 0.3) is 87.6 Å². The van der Waals surface area contributed by atoms with E-state index >= 15 is 0 Å². The van der Waals surface area contributed by atoms with Crippen LogP contribution in [-0.2, 0) is 0 Å². The molecule has 1 heterocycles. The fourth-order valence-corrected chi connectivity index (χ4v) is 8.50. The van der Waals surface area contributed by atoms with Crippen molar-refractivity contribution >= 4 is 71.3 Å². The van der Waals surface area contributed by atoms with Crippen LogP contribution >= 0.6 is 0 Å². The molecule has 0 atom stereocenters. The molecule has 2 heteroatoms. The molecule has 0 spiro atoms. The Balaban J connectivity index is 1.04. The maximum absolute atomic E-state index is 6.49. The summed E-state index contributed by atoms with van der Waals surface area (Å²) in [5.41, 5.74) is 11.9. The van der Waals surface area contributed by atoms with E-state index < -0.39 is 0 Å². The van der Waals surface area contributed by atoms with Crippen molar-refractivity contribution in [1.82, 2.24) is 0 Å². The largest absolute Gasteiger partial charge is 0.455 e. The molecular formula is C54H35NO. The van der Waals surface area contributed by atoms with E-state index in [1.165, 1.54) is 54.6 Å². The van der Waals surface area contributed by atoms with Gasteiger partial charge in [0.05, 0.1) is 0 Å². The molecule has 0 aliphatic carbocycles. The minimum Gasteiger partial charge on any atom is -0.455 e. The van der Waals surface area contributed by atoms with Crippen LogP contribution in [0.5, 0.6) is 0 Å². The third-order valence-electron chi connectivity index (χ3n) is 11.2. The number of furan rings is 1. The quantitative estimate of drug-likeness (QED) is 0.160. The molecule has 0 saturated carbocycles. The summed E-state index contributed by atoms with van der Waals surface area (Å²) in [5.74, 6) is 0. The molecule has 0 N–H and O–H groups in total. The zero-order chi connectivity index (χ0) is 37.0. The zero-order valence-corrected chi connectivity index (χ0v) is 30.6. The smallest absolute Gasteiger partial charge is 0.143 e. The average molecular weight is 714 g/mol. The molecule has 0 fully saturated rings. The lowest BCUT2D eigenvalue weighted by atomic mass is 9.94. The second kappa shape index (κ2) is 13.2. The molecule has 262 valence electrons. The number of para-hydroxylation sites is 2. The summed E-state index contributed by atoms with van der Waals surface area (Å²) in [6.45, 7) is 0. The predicted molar refractivity (Wildman–Crippen MR) is 237 cm³/mol. The lowest BCUT2D eigenvalue weighted by Crippen LogP contribution is -2.10. The first kappa shape index (κ1) is 32.0. The van der Waals surface area contributed by atoms with E-state index in [9.17, 15) is 0 Å². The van der Waals surface area contributed by atoms with E-state index in [0.717, 1.165) is 50.1 Å². The summed E-state index contributed by atoms with van der Waals surface area (Å²) in [7, 11) is 0. The Morgan fingerprint density at radius 2 is 0.857 bits per heavy atom. The lowest BCUT2D eigenvalue weighted by molar-refractivity contribution is 0.670. The van der Waals surface area contributed by atoms with Crippen LogP contribution in [-0.4, -0.2) is 0 Å². The standard InChI is InChI=1S/C54H35NO/c1-2-11-36(12-3-1)41-14-8-16-45(33-41)55(46-17-9-15-43(34-46)48-20-10-21-50-49-19-6-7-22-52(49)56-54(48)50)44-31-29-37(30-32-44)42-28-25-39-24-27-40-26-23-38-13-4-5-18-47(38)53(40)51(39)35-42/h1-35H. The Morgan fingerprint density at radius 3 is 1.68 bits per heavy atom. The summed E-state index contributed by atoms with van der Waals surface area (Å²) in [6, 6.07) is 76.5. The van der Waals surface area contributed by atoms with E-state index in [2.05, 4.69) is 205 Å². The van der Waals surface area contributed by atoms with Gasteiger partial charge in [0, 0.05) is 33.4 Å². The van der Waals surface area contributed by atoms with E-state index in [1.54, 1.807) is 0 Å². The van der Waals surface area contributed by atoms with Crippen LogP contribution in [0, 0.1) is 0 Å². The molecule has 11 aromatic rings. The van der Waals surface area contributed by atoms with Crippen molar-refractivity contribution in [2.45, 2.75) is 0 Å². The summed E-state index contributed by atoms with van der Waals surface area (Å²) in [4.78, 5) is 2.36. The number of nitrogens with zero attached hydrogens (tertiary/aromatic N) is 1. The molecule has 0 aliphatic rings. The molecule has 0 saturated heterocycles. The molecule has 10 aromatic carbocycles. The molecule has 0 amide bonds. The highest BCUT2D eigenvalue weighted by Crippen LogP contribution is 2.42. The highest BCUT2D eigenvalue weighted by Gasteiger charge is 2.17. The number of rotatable bonds is 6. The zero-order valence-electron chi connectivity index (χ0n) is 30.6. The Hall–Kier alpha value is -7.42. The molecule has 56 heavy (non-hydrogen) atoms. The molecule has 0 radical (unpaired) electrons. The molecule has 1 aromatic heterocycles. The number of hydrogen-bond acceptors (Lipinski definition) is 2. The van der Waals surface area contributed by atoms with Crippen molar-refractivity contribution in [2.75, 3.05) is 4.90 Å². The number of hydrogen-bond donors (Lipinski definition) is 0. The van der Waals surface area contributed by atoms with Gasteiger partial charge in [-0.3, -0.25) is 0 Å². The Bertz CT molecular complexity index is 3240. The van der Waals surface area contributed by atoms with Gasteiger partial charge in [0.2, 0.25) is 0 Å². The van der Waals surface area contributed by atoms with Gasteiger partial charge in [-0.25, -0.2) is 0 Å². The third-order valence-corrected chi connectivity index (χ3v) is 11.2. The van der Waals surface area contributed by atoms with Gasteiger partial charge in [0.1, 0.15) is 11.2 Å². The summed E-state index contributed by atoms with van der Waals surface area (Å²) in [6.07, 6.45) is 0. The second-order valence-electron chi connectivity index (χ2n) is 14.5. The Morgan fingerprint density at radius 1 is 0.304 bits per heavy atom. The summed E-state index contributed by atoms with van der Waals surface area (Å²) >= 11 is 0. The van der Waals surface area contributed by atoms with Crippen LogP contribution in [0.1, 0.15) is 0 Å². The van der Waals surface area contributed by atoms with Gasteiger partial charge in [0.25, 0.3) is 0 Å². The monoisotopic (exact) mass is 713 g/mol. The highest BCUT2D eigenvalue weighted by molar-refractivity contribution is 6.20. The van der Waals surface area contributed by atoms with Gasteiger partial charge < -0.3 is 9.32 Å². The third kappa shape index (κ3) is 5.42. The van der Waals surface area contributed by atoms with Gasteiger partial charge in [-0.1, -0.05) is 164 Å². The molecule has 0 aliphatic heterocycles. The molecule has 0 bridgehead atoms. The number of anilines is 3. The lowest BCUT2D eigenvalue weighted by Gasteiger charge is -2.27. The first-order valence-electron chi connectivity index (χ1n) is 19.2. The van der Waals surface area contributed by atoms with Crippen LogP contribution in [0.3, 0.4) is 0 Å². The highest BCUT2D eigenvalue weighted by atomic mass is 16.3. The Kier molecular flexibility index (Phi) is 7.53. The molecule has 0 unspecified atom stereocenters. The fourth-order valence-electron chi connectivity index (χ4n) is 8.50. The van der Waals surface area contributed by atoms with Gasteiger partial charge in [-0.15, -0.1) is 0 Å². The molecule has 11 rings (SSSR count). The topological polar surface area (TPSA) is 16.4 Å². The second-order valence-corrected chi connectivity index (χ2v) is 14.5.